The molecule has 1 aromatic heterocycles. The second-order valence-corrected chi connectivity index (χ2v) is 5.38. The lowest BCUT2D eigenvalue weighted by Gasteiger charge is -2.40. The second kappa shape index (κ2) is 5.05. The topological polar surface area (TPSA) is 91.0 Å². The Labute approximate surface area is 119 Å². The molecule has 1 aliphatic carbocycles. The molecule has 9 heteroatoms. The monoisotopic (exact) mass is 299 g/mol. The van der Waals surface area contributed by atoms with E-state index in [0.717, 1.165) is 11.2 Å². The number of likely N-dealkylation sites (tertiary alicyclic amines) is 1. The Bertz CT molecular complexity index is 544. The van der Waals surface area contributed by atoms with Crippen molar-refractivity contribution in [3.8, 4) is 0 Å². The first-order valence-electron chi connectivity index (χ1n) is 6.83. The number of nitrogens with zero attached hydrogens (tertiary/aromatic N) is 3. The molecule has 2 fully saturated rings. The largest absolute Gasteiger partial charge is 0.330 e. The van der Waals surface area contributed by atoms with Crippen molar-refractivity contribution < 1.29 is 18.4 Å². The third kappa shape index (κ3) is 2.72. The summed E-state index contributed by atoms with van der Waals surface area (Å²) in [6.45, 7) is 0.144. The first-order valence-corrected chi connectivity index (χ1v) is 6.83. The summed E-state index contributed by atoms with van der Waals surface area (Å²) in [4.78, 5) is 28.7. The van der Waals surface area contributed by atoms with Crippen molar-refractivity contribution in [3.63, 3.8) is 0 Å². The van der Waals surface area contributed by atoms with Crippen LogP contribution in [0.15, 0.2) is 6.33 Å². The molecule has 0 aromatic carbocycles. The molecule has 3 rings (SSSR count). The van der Waals surface area contributed by atoms with Crippen LogP contribution in [0.4, 0.5) is 8.78 Å². The van der Waals surface area contributed by atoms with E-state index >= 15 is 0 Å². The molecule has 21 heavy (non-hydrogen) atoms. The van der Waals surface area contributed by atoms with Crippen LogP contribution in [0.25, 0.3) is 0 Å². The van der Waals surface area contributed by atoms with E-state index in [0.29, 0.717) is 12.8 Å². The fourth-order valence-corrected chi connectivity index (χ4v) is 2.42. The lowest BCUT2D eigenvalue weighted by atomic mass is 10.0. The van der Waals surface area contributed by atoms with Crippen LogP contribution in [0, 0.1) is 5.92 Å². The molecule has 1 unspecified atom stereocenters. The number of aromatic amines is 1. The van der Waals surface area contributed by atoms with Gasteiger partial charge in [0.1, 0.15) is 6.33 Å². The highest BCUT2D eigenvalue weighted by Gasteiger charge is 2.50. The van der Waals surface area contributed by atoms with Gasteiger partial charge >= 0.3 is 0 Å². The molecule has 114 valence electrons. The predicted molar refractivity (Wildman–Crippen MR) is 66.3 cm³/mol. The molecule has 2 N–H and O–H groups in total. The van der Waals surface area contributed by atoms with Crippen LogP contribution in [0.5, 0.6) is 0 Å². The number of hydrogen-bond acceptors (Lipinski definition) is 4. The van der Waals surface area contributed by atoms with Gasteiger partial charge in [-0.25, -0.2) is 13.8 Å². The Kier molecular flexibility index (Phi) is 3.34. The highest BCUT2D eigenvalue weighted by atomic mass is 19.3. The summed E-state index contributed by atoms with van der Waals surface area (Å²) in [5.41, 5.74) is 0. The summed E-state index contributed by atoms with van der Waals surface area (Å²) in [6.07, 6.45) is 0.732. The molecule has 0 bridgehead atoms. The maximum absolute atomic E-state index is 14.1. The SMILES string of the molecule is O=C(NC1N(C(=O)c2ncn[nH]2)CCCC1(F)F)C1CC1. The zero-order chi connectivity index (χ0) is 15.0. The summed E-state index contributed by atoms with van der Waals surface area (Å²) in [6, 6.07) is 0. The standard InChI is InChI=1S/C12H15F2N5O2/c13-12(14)4-1-5-19(10(21)8-15-6-16-18-8)11(12)17-9(20)7-2-3-7/h6-7,11H,1-5H2,(H,17,20)(H,15,16,18). The van der Waals surface area contributed by atoms with Crippen molar-refractivity contribution >= 4 is 11.8 Å². The third-order valence-corrected chi connectivity index (χ3v) is 3.73. The van der Waals surface area contributed by atoms with Gasteiger partial charge in [0.2, 0.25) is 11.7 Å². The maximum Gasteiger partial charge on any atom is 0.292 e. The van der Waals surface area contributed by atoms with E-state index in [4.69, 9.17) is 0 Å². The summed E-state index contributed by atoms with van der Waals surface area (Å²) in [7, 11) is 0. The number of piperidine rings is 1. The molecule has 0 spiro atoms. The normalized spacial score (nSPS) is 24.7. The van der Waals surface area contributed by atoms with Crippen LogP contribution in [-0.4, -0.2) is 50.5 Å². The number of rotatable bonds is 3. The first-order chi connectivity index (χ1) is 9.99. The van der Waals surface area contributed by atoms with Gasteiger partial charge in [0.25, 0.3) is 11.8 Å². The quantitative estimate of drug-likeness (QED) is 0.851. The van der Waals surface area contributed by atoms with Gasteiger partial charge in [-0.2, -0.15) is 5.10 Å². The smallest absolute Gasteiger partial charge is 0.292 e. The van der Waals surface area contributed by atoms with Crippen molar-refractivity contribution in [1.29, 1.82) is 0 Å². The van der Waals surface area contributed by atoms with Gasteiger partial charge in [-0.1, -0.05) is 0 Å². The lowest BCUT2D eigenvalue weighted by molar-refractivity contribution is -0.139. The van der Waals surface area contributed by atoms with Gasteiger partial charge in [-0.3, -0.25) is 14.7 Å². The fourth-order valence-electron chi connectivity index (χ4n) is 2.42. The van der Waals surface area contributed by atoms with E-state index < -0.39 is 23.9 Å². The Balaban J connectivity index is 1.81. The maximum atomic E-state index is 14.1. The number of hydrogen-bond donors (Lipinski definition) is 2. The summed E-state index contributed by atoms with van der Waals surface area (Å²) >= 11 is 0. The van der Waals surface area contributed by atoms with Crippen LogP contribution in [0.1, 0.15) is 36.3 Å². The van der Waals surface area contributed by atoms with Crippen molar-refractivity contribution in [3.05, 3.63) is 12.2 Å². The zero-order valence-corrected chi connectivity index (χ0v) is 11.2. The minimum atomic E-state index is -3.15. The molecule has 2 amide bonds. The average Bonchev–Trinajstić information content (AvgIpc) is 3.15. The summed E-state index contributed by atoms with van der Waals surface area (Å²) in [5, 5.41) is 8.22. The van der Waals surface area contributed by atoms with Gasteiger partial charge in [0.15, 0.2) is 6.17 Å². The van der Waals surface area contributed by atoms with E-state index in [9.17, 15) is 18.4 Å². The van der Waals surface area contributed by atoms with Crippen molar-refractivity contribution in [2.24, 2.45) is 5.92 Å². The number of carbonyl (C=O) groups excluding carboxylic acids is 2. The predicted octanol–water partition coefficient (Wildman–Crippen LogP) is 0.528. The number of alkyl halides is 2. The van der Waals surface area contributed by atoms with E-state index in [1.165, 1.54) is 0 Å². The summed E-state index contributed by atoms with van der Waals surface area (Å²) in [5.74, 6) is -4.58. The molecule has 1 saturated heterocycles. The Morgan fingerprint density at radius 3 is 2.81 bits per heavy atom. The van der Waals surface area contributed by atoms with Crippen LogP contribution < -0.4 is 5.32 Å². The van der Waals surface area contributed by atoms with Crippen LogP contribution >= 0.6 is 0 Å². The van der Waals surface area contributed by atoms with Crippen molar-refractivity contribution in [2.45, 2.75) is 37.8 Å². The highest BCUT2D eigenvalue weighted by molar-refractivity contribution is 5.91. The molecular formula is C12H15F2N5O2. The molecule has 1 saturated carbocycles. The lowest BCUT2D eigenvalue weighted by Crippen LogP contribution is -2.63. The number of amides is 2. The van der Waals surface area contributed by atoms with E-state index in [1.54, 1.807) is 0 Å². The van der Waals surface area contributed by atoms with E-state index in [-0.39, 0.29) is 31.1 Å². The third-order valence-electron chi connectivity index (χ3n) is 3.73. The van der Waals surface area contributed by atoms with Crippen LogP contribution in [0.3, 0.4) is 0 Å². The second-order valence-electron chi connectivity index (χ2n) is 5.38. The fraction of sp³-hybridized carbons (Fsp3) is 0.667. The van der Waals surface area contributed by atoms with Gasteiger partial charge in [-0.15, -0.1) is 0 Å². The van der Waals surface area contributed by atoms with E-state index in [1.807, 2.05) is 0 Å². The minimum absolute atomic E-state index is 0.113. The van der Waals surface area contributed by atoms with Gasteiger partial charge < -0.3 is 10.2 Å². The van der Waals surface area contributed by atoms with Crippen LogP contribution in [-0.2, 0) is 4.79 Å². The number of H-pyrrole nitrogens is 1. The highest BCUT2D eigenvalue weighted by Crippen LogP contribution is 2.34. The number of halogens is 2. The minimum Gasteiger partial charge on any atom is -0.330 e. The molecule has 7 nitrogen and oxygen atoms in total. The zero-order valence-electron chi connectivity index (χ0n) is 11.2. The van der Waals surface area contributed by atoms with Gasteiger partial charge in [-0.05, 0) is 19.3 Å². The number of aromatic nitrogens is 3. The molecule has 1 aliphatic heterocycles. The molecular weight excluding hydrogens is 284 g/mol. The van der Waals surface area contributed by atoms with Crippen molar-refractivity contribution in [2.75, 3.05) is 6.54 Å². The molecule has 0 radical (unpaired) electrons. The Morgan fingerprint density at radius 2 is 2.19 bits per heavy atom. The molecule has 2 aliphatic rings. The molecule has 2 heterocycles. The van der Waals surface area contributed by atoms with Crippen LogP contribution in [0.2, 0.25) is 0 Å². The molecule has 1 aromatic rings. The summed E-state index contributed by atoms with van der Waals surface area (Å²) < 4.78 is 28.2. The van der Waals surface area contributed by atoms with Gasteiger partial charge in [0.05, 0.1) is 0 Å². The van der Waals surface area contributed by atoms with Crippen molar-refractivity contribution in [1.82, 2.24) is 25.4 Å². The average molecular weight is 299 g/mol. The number of nitrogens with one attached hydrogen (secondary N) is 2. The number of carbonyl (C=O) groups is 2. The van der Waals surface area contributed by atoms with Gasteiger partial charge in [0, 0.05) is 18.9 Å². The first kappa shape index (κ1) is 13.9. The Hall–Kier alpha value is -2.06. The molecule has 1 atom stereocenters. The van der Waals surface area contributed by atoms with E-state index in [2.05, 4.69) is 20.5 Å². The Morgan fingerprint density at radius 1 is 1.43 bits per heavy atom.